The number of carbonyl (C=O) groups is 2. The van der Waals surface area contributed by atoms with Crippen LogP contribution in [0.2, 0.25) is 0 Å². The van der Waals surface area contributed by atoms with Crippen LogP contribution in [-0.4, -0.2) is 52.8 Å². The highest BCUT2D eigenvalue weighted by molar-refractivity contribution is 5.85. The highest BCUT2D eigenvalue weighted by atomic mass is 16.5. The maximum Gasteiger partial charge on any atom is 0.242 e. The monoisotopic (exact) mass is 561 g/mol. The topological polar surface area (TPSA) is 65.6 Å². The van der Waals surface area contributed by atoms with Gasteiger partial charge in [0.1, 0.15) is 5.75 Å². The summed E-state index contributed by atoms with van der Waals surface area (Å²) in [5.41, 5.74) is 3.34. The van der Waals surface area contributed by atoms with Crippen LogP contribution in [0.4, 0.5) is 0 Å². The lowest BCUT2D eigenvalue weighted by molar-refractivity contribution is -0.141. The molecule has 41 heavy (non-hydrogen) atoms. The van der Waals surface area contributed by atoms with E-state index in [1.807, 2.05) is 54.4 Å². The van der Waals surface area contributed by atoms with Crippen molar-refractivity contribution >= 4 is 22.7 Å². The van der Waals surface area contributed by atoms with Crippen LogP contribution in [0.15, 0.2) is 54.7 Å². The molecule has 0 saturated heterocycles. The first kappa shape index (κ1) is 32.2. The van der Waals surface area contributed by atoms with Crippen LogP contribution < -0.4 is 4.74 Å². The Morgan fingerprint density at radius 2 is 1.56 bits per heavy atom. The lowest BCUT2D eigenvalue weighted by Gasteiger charge is -2.29. The lowest BCUT2D eigenvalue weighted by Crippen LogP contribution is -2.44. The third-order valence-electron chi connectivity index (χ3n) is 7.55. The number of hydrogen-bond acceptors (Lipinski definition) is 3. The van der Waals surface area contributed by atoms with Crippen LogP contribution in [-0.2, 0) is 22.6 Å². The van der Waals surface area contributed by atoms with Crippen LogP contribution in [0.1, 0.15) is 90.2 Å². The second kappa shape index (κ2) is 17.5. The number of aromatic nitrogens is 1. The van der Waals surface area contributed by atoms with Crippen molar-refractivity contribution in [2.24, 2.45) is 5.92 Å². The Labute approximate surface area is 247 Å². The SMILES string of the molecule is CCCCCCCCCC(=O)N(CC(=O)N(CCc1c[nH]c2ccccc12)Cc1ccc(OCC)cc1)CC(C)C. The van der Waals surface area contributed by atoms with Crippen molar-refractivity contribution in [3.8, 4) is 5.75 Å². The number of carbonyl (C=O) groups excluding carboxylic acids is 2. The minimum atomic E-state index is -0.00714. The number of fused-ring (bicyclic) bond motifs is 1. The average molecular weight is 562 g/mol. The van der Waals surface area contributed by atoms with Gasteiger partial charge in [-0.2, -0.15) is 0 Å². The second-order valence-corrected chi connectivity index (χ2v) is 11.5. The Morgan fingerprint density at radius 1 is 0.854 bits per heavy atom. The van der Waals surface area contributed by atoms with E-state index in [0.717, 1.165) is 36.1 Å². The fraction of sp³-hybridized carbons (Fsp3) is 0.543. The number of unbranched alkanes of at least 4 members (excludes halogenated alkanes) is 6. The number of H-pyrrole nitrogens is 1. The predicted molar refractivity (Wildman–Crippen MR) is 169 cm³/mol. The van der Waals surface area contributed by atoms with Crippen molar-refractivity contribution in [3.63, 3.8) is 0 Å². The third-order valence-corrected chi connectivity index (χ3v) is 7.55. The summed E-state index contributed by atoms with van der Waals surface area (Å²) in [6.07, 6.45) is 11.5. The molecule has 2 amide bonds. The van der Waals surface area contributed by atoms with Crippen LogP contribution >= 0.6 is 0 Å². The van der Waals surface area contributed by atoms with Gasteiger partial charge < -0.3 is 19.5 Å². The van der Waals surface area contributed by atoms with E-state index in [4.69, 9.17) is 4.74 Å². The quantitative estimate of drug-likeness (QED) is 0.152. The van der Waals surface area contributed by atoms with Crippen molar-refractivity contribution in [3.05, 3.63) is 65.9 Å². The number of nitrogens with zero attached hydrogens (tertiary/aromatic N) is 2. The smallest absolute Gasteiger partial charge is 0.242 e. The summed E-state index contributed by atoms with van der Waals surface area (Å²) in [5, 5.41) is 1.19. The van der Waals surface area contributed by atoms with Gasteiger partial charge in [0.25, 0.3) is 0 Å². The van der Waals surface area contributed by atoms with Crippen molar-refractivity contribution in [1.82, 2.24) is 14.8 Å². The number of aromatic amines is 1. The van der Waals surface area contributed by atoms with E-state index in [1.54, 1.807) is 4.90 Å². The molecule has 224 valence electrons. The zero-order valence-electron chi connectivity index (χ0n) is 25.8. The zero-order valence-corrected chi connectivity index (χ0v) is 25.8. The number of ether oxygens (including phenoxy) is 1. The van der Waals surface area contributed by atoms with E-state index in [9.17, 15) is 9.59 Å². The minimum absolute atomic E-state index is 0.00714. The third kappa shape index (κ3) is 10.9. The summed E-state index contributed by atoms with van der Waals surface area (Å²) in [6, 6.07) is 16.2. The first-order valence-electron chi connectivity index (χ1n) is 15.7. The number of rotatable bonds is 19. The van der Waals surface area contributed by atoms with E-state index in [-0.39, 0.29) is 18.4 Å². The van der Waals surface area contributed by atoms with Crippen molar-refractivity contribution in [2.75, 3.05) is 26.2 Å². The van der Waals surface area contributed by atoms with Gasteiger partial charge in [-0.05, 0) is 55.0 Å². The van der Waals surface area contributed by atoms with Crippen molar-refractivity contribution < 1.29 is 14.3 Å². The lowest BCUT2D eigenvalue weighted by atomic mass is 10.1. The normalized spacial score (nSPS) is 11.2. The molecule has 0 bridgehead atoms. The Morgan fingerprint density at radius 3 is 2.27 bits per heavy atom. The molecule has 2 aromatic carbocycles. The minimum Gasteiger partial charge on any atom is -0.494 e. The standard InChI is InChI=1S/C35H51N3O3/c1-5-7-8-9-10-11-12-17-34(39)38(25-28(3)4)27-35(40)37(26-29-18-20-31(21-19-29)41-6-2)23-22-30-24-36-33-16-14-13-15-32(30)33/h13-16,18-21,24,28,36H,5-12,17,22-23,25-27H2,1-4H3. The fourth-order valence-electron chi connectivity index (χ4n) is 5.31. The van der Waals surface area contributed by atoms with Crippen LogP contribution in [0.5, 0.6) is 5.75 Å². The number of para-hydroxylation sites is 1. The molecule has 0 aliphatic heterocycles. The zero-order chi connectivity index (χ0) is 29.5. The molecule has 0 fully saturated rings. The molecule has 1 heterocycles. The molecule has 3 rings (SSSR count). The summed E-state index contributed by atoms with van der Waals surface area (Å²) in [5.74, 6) is 1.21. The Kier molecular flexibility index (Phi) is 13.8. The summed E-state index contributed by atoms with van der Waals surface area (Å²) in [7, 11) is 0. The van der Waals surface area contributed by atoms with Gasteiger partial charge >= 0.3 is 0 Å². The molecule has 0 atom stereocenters. The van der Waals surface area contributed by atoms with E-state index in [2.05, 4.69) is 37.9 Å². The molecule has 0 saturated carbocycles. The van der Waals surface area contributed by atoms with Crippen LogP contribution in [0.25, 0.3) is 10.9 Å². The average Bonchev–Trinajstić information content (AvgIpc) is 3.38. The summed E-state index contributed by atoms with van der Waals surface area (Å²) in [4.78, 5) is 34.1. The number of hydrogen-bond donors (Lipinski definition) is 1. The molecule has 1 N–H and O–H groups in total. The van der Waals surface area contributed by atoms with E-state index in [1.165, 1.54) is 43.1 Å². The van der Waals surface area contributed by atoms with Gasteiger partial charge in [-0.3, -0.25) is 9.59 Å². The molecule has 1 aromatic heterocycles. The maximum atomic E-state index is 13.8. The predicted octanol–water partition coefficient (Wildman–Crippen LogP) is 7.76. The summed E-state index contributed by atoms with van der Waals surface area (Å²) < 4.78 is 5.60. The first-order chi connectivity index (χ1) is 19.9. The Bertz CT molecular complexity index is 1180. The van der Waals surface area contributed by atoms with Crippen LogP contribution in [0, 0.1) is 5.92 Å². The highest BCUT2D eigenvalue weighted by Gasteiger charge is 2.22. The van der Waals surface area contributed by atoms with Gasteiger partial charge in [0.05, 0.1) is 13.2 Å². The molecule has 0 radical (unpaired) electrons. The molecule has 0 aliphatic carbocycles. The molecule has 0 spiro atoms. The van der Waals surface area contributed by atoms with Gasteiger partial charge in [-0.25, -0.2) is 0 Å². The largest absolute Gasteiger partial charge is 0.494 e. The van der Waals surface area contributed by atoms with E-state index >= 15 is 0 Å². The summed E-state index contributed by atoms with van der Waals surface area (Å²) in [6.45, 7) is 10.8. The highest BCUT2D eigenvalue weighted by Crippen LogP contribution is 2.20. The van der Waals surface area contributed by atoms with Gasteiger partial charge in [0.2, 0.25) is 11.8 Å². The molecule has 6 nitrogen and oxygen atoms in total. The van der Waals surface area contributed by atoms with E-state index in [0.29, 0.717) is 38.6 Å². The van der Waals surface area contributed by atoms with E-state index < -0.39 is 0 Å². The number of benzene rings is 2. The molecule has 0 aliphatic rings. The van der Waals surface area contributed by atoms with Gasteiger partial charge in [0.15, 0.2) is 0 Å². The molecule has 6 heteroatoms. The summed E-state index contributed by atoms with van der Waals surface area (Å²) >= 11 is 0. The van der Waals surface area contributed by atoms with Crippen molar-refractivity contribution in [1.29, 1.82) is 0 Å². The number of amides is 2. The molecule has 0 unspecified atom stereocenters. The molecular formula is C35H51N3O3. The van der Waals surface area contributed by atoms with Crippen LogP contribution in [0.3, 0.4) is 0 Å². The van der Waals surface area contributed by atoms with Crippen molar-refractivity contribution in [2.45, 2.75) is 92.0 Å². The Balaban J connectivity index is 1.67. The Hall–Kier alpha value is -3.28. The first-order valence-corrected chi connectivity index (χ1v) is 15.7. The maximum absolute atomic E-state index is 13.8. The van der Waals surface area contributed by atoms with Gasteiger partial charge in [-0.1, -0.05) is 89.6 Å². The van der Waals surface area contributed by atoms with Gasteiger partial charge in [-0.15, -0.1) is 0 Å². The molecular weight excluding hydrogens is 510 g/mol. The fourth-order valence-corrected chi connectivity index (χ4v) is 5.31. The van der Waals surface area contributed by atoms with Gasteiger partial charge in [0, 0.05) is 43.2 Å². The second-order valence-electron chi connectivity index (χ2n) is 11.5. The number of nitrogens with one attached hydrogen (secondary N) is 1. The molecule has 3 aromatic rings.